The summed E-state index contributed by atoms with van der Waals surface area (Å²) in [5.74, 6) is 0. The molecular formula is C48H30N2. The molecular weight excluding hydrogens is 605 g/mol. The summed E-state index contributed by atoms with van der Waals surface area (Å²) >= 11 is 0. The summed E-state index contributed by atoms with van der Waals surface area (Å²) in [5.41, 5.74) is 9.62. The number of para-hydroxylation sites is 2. The molecule has 0 amide bonds. The van der Waals surface area contributed by atoms with E-state index in [9.17, 15) is 0 Å². The summed E-state index contributed by atoms with van der Waals surface area (Å²) in [5, 5.41) is 12.7. The van der Waals surface area contributed by atoms with Crippen molar-refractivity contribution in [3.8, 4) is 22.5 Å². The van der Waals surface area contributed by atoms with Crippen molar-refractivity contribution in [2.24, 2.45) is 0 Å². The molecule has 2 aromatic heterocycles. The Hall–Kier alpha value is -6.64. The summed E-state index contributed by atoms with van der Waals surface area (Å²) in [7, 11) is 0. The Morgan fingerprint density at radius 2 is 0.800 bits per heavy atom. The fourth-order valence-corrected chi connectivity index (χ4v) is 8.53. The molecule has 0 fully saturated rings. The fraction of sp³-hybridized carbons (Fsp3) is 0. The predicted molar refractivity (Wildman–Crippen MR) is 213 cm³/mol. The van der Waals surface area contributed by atoms with Gasteiger partial charge in [-0.2, -0.15) is 0 Å². The van der Waals surface area contributed by atoms with E-state index in [0.717, 1.165) is 11.4 Å². The molecule has 0 unspecified atom stereocenters. The maximum absolute atomic E-state index is 2.52. The lowest BCUT2D eigenvalue weighted by Crippen LogP contribution is -1.96. The molecule has 0 aliphatic rings. The average Bonchev–Trinajstić information content (AvgIpc) is 3.71. The zero-order valence-corrected chi connectivity index (χ0v) is 27.2. The van der Waals surface area contributed by atoms with Gasteiger partial charge >= 0.3 is 0 Å². The minimum absolute atomic E-state index is 1.16. The minimum atomic E-state index is 1.16. The normalized spacial score (nSPS) is 12.0. The van der Waals surface area contributed by atoms with E-state index in [1.54, 1.807) is 0 Å². The second kappa shape index (κ2) is 10.4. The maximum atomic E-state index is 2.52. The summed E-state index contributed by atoms with van der Waals surface area (Å²) in [4.78, 5) is 0. The van der Waals surface area contributed by atoms with Crippen LogP contribution in [0.4, 0.5) is 0 Å². The van der Waals surface area contributed by atoms with Crippen LogP contribution in [0.1, 0.15) is 0 Å². The topological polar surface area (TPSA) is 9.86 Å². The van der Waals surface area contributed by atoms with E-state index in [-0.39, 0.29) is 0 Å². The highest BCUT2D eigenvalue weighted by Gasteiger charge is 2.22. The zero-order chi connectivity index (χ0) is 32.8. The minimum Gasteiger partial charge on any atom is -0.309 e. The van der Waals surface area contributed by atoms with E-state index in [4.69, 9.17) is 0 Å². The second-order valence-electron chi connectivity index (χ2n) is 13.3. The third kappa shape index (κ3) is 3.79. The van der Waals surface area contributed by atoms with E-state index in [1.807, 2.05) is 0 Å². The number of rotatable bonds is 3. The predicted octanol–water partition coefficient (Wildman–Crippen LogP) is 13.0. The Labute approximate surface area is 288 Å². The maximum Gasteiger partial charge on any atom is 0.0641 e. The molecule has 0 atom stereocenters. The van der Waals surface area contributed by atoms with Gasteiger partial charge in [-0.3, -0.25) is 0 Å². The van der Waals surface area contributed by atoms with E-state index in [2.05, 4.69) is 191 Å². The lowest BCUT2D eigenvalue weighted by molar-refractivity contribution is 1.18. The number of nitrogens with zero attached hydrogens (tertiary/aromatic N) is 2. The van der Waals surface area contributed by atoms with Crippen molar-refractivity contribution in [3.05, 3.63) is 182 Å². The number of hydrogen-bond acceptors (Lipinski definition) is 0. The van der Waals surface area contributed by atoms with Crippen molar-refractivity contribution >= 4 is 75.9 Å². The highest BCUT2D eigenvalue weighted by atomic mass is 15.0. The van der Waals surface area contributed by atoms with E-state index in [1.165, 1.54) is 87.1 Å². The molecule has 0 aliphatic heterocycles. The lowest BCUT2D eigenvalue weighted by atomic mass is 9.94. The molecule has 0 bridgehead atoms. The monoisotopic (exact) mass is 634 g/mol. The molecule has 2 heteroatoms. The van der Waals surface area contributed by atoms with Gasteiger partial charge in [-0.25, -0.2) is 0 Å². The molecule has 0 spiro atoms. The van der Waals surface area contributed by atoms with Crippen molar-refractivity contribution in [1.82, 2.24) is 9.13 Å². The molecule has 50 heavy (non-hydrogen) atoms. The van der Waals surface area contributed by atoms with Crippen molar-refractivity contribution in [3.63, 3.8) is 0 Å². The van der Waals surface area contributed by atoms with Gasteiger partial charge in [-0.1, -0.05) is 133 Å². The van der Waals surface area contributed by atoms with Gasteiger partial charge in [-0.05, 0) is 92.0 Å². The molecule has 0 saturated heterocycles. The smallest absolute Gasteiger partial charge is 0.0641 e. The first-order valence-corrected chi connectivity index (χ1v) is 17.3. The van der Waals surface area contributed by atoms with Gasteiger partial charge < -0.3 is 9.13 Å². The summed E-state index contributed by atoms with van der Waals surface area (Å²) in [6.45, 7) is 0. The second-order valence-corrected chi connectivity index (χ2v) is 13.3. The van der Waals surface area contributed by atoms with Crippen molar-refractivity contribution in [2.75, 3.05) is 0 Å². The van der Waals surface area contributed by atoms with Gasteiger partial charge in [0.25, 0.3) is 0 Å². The standard InChI is InChI=1S/C48H30N2/c1-3-13-31(14-4-1)32-23-27-45-43(29-32)40-26-28-46-47(41-21-11-12-22-44(41)49(46)33-15-5-2-6-16-33)48(40)50(45)34-24-25-39-37-19-8-7-17-35(37)36-18-9-10-20-38(36)42(39)30-34/h1-30H. The first kappa shape index (κ1) is 27.3. The van der Waals surface area contributed by atoms with Crippen LogP contribution in [0.15, 0.2) is 182 Å². The van der Waals surface area contributed by atoms with Crippen LogP contribution < -0.4 is 0 Å². The number of fused-ring (bicyclic) bond motifs is 13. The van der Waals surface area contributed by atoms with Crippen molar-refractivity contribution < 1.29 is 0 Å². The van der Waals surface area contributed by atoms with Crippen LogP contribution in [0, 0.1) is 0 Å². The molecule has 0 aliphatic carbocycles. The molecule has 2 heterocycles. The molecule has 2 nitrogen and oxygen atoms in total. The number of benzene rings is 9. The van der Waals surface area contributed by atoms with Gasteiger partial charge in [0.1, 0.15) is 0 Å². The van der Waals surface area contributed by atoms with Crippen LogP contribution in [-0.2, 0) is 0 Å². The SMILES string of the molecule is c1ccc(-c2ccc3c(c2)c2ccc4c(c5ccccc5n4-c4ccccc4)c2n3-c2ccc3c4ccccc4c4ccccc4c3c2)cc1. The molecule has 9 aromatic carbocycles. The van der Waals surface area contributed by atoms with Crippen molar-refractivity contribution in [1.29, 1.82) is 0 Å². The molecule has 232 valence electrons. The van der Waals surface area contributed by atoms with Gasteiger partial charge in [-0.15, -0.1) is 0 Å². The molecule has 0 saturated carbocycles. The fourth-order valence-electron chi connectivity index (χ4n) is 8.53. The van der Waals surface area contributed by atoms with Gasteiger partial charge in [0, 0.05) is 32.9 Å². The number of hydrogen-bond donors (Lipinski definition) is 0. The summed E-state index contributed by atoms with van der Waals surface area (Å²) < 4.78 is 4.94. The van der Waals surface area contributed by atoms with Crippen LogP contribution in [0.2, 0.25) is 0 Å². The van der Waals surface area contributed by atoms with Crippen LogP contribution >= 0.6 is 0 Å². The summed E-state index contributed by atoms with van der Waals surface area (Å²) in [6, 6.07) is 66.7. The Morgan fingerprint density at radius 3 is 1.52 bits per heavy atom. The number of aromatic nitrogens is 2. The lowest BCUT2D eigenvalue weighted by Gasteiger charge is -2.14. The highest BCUT2D eigenvalue weighted by molar-refractivity contribution is 6.28. The van der Waals surface area contributed by atoms with Crippen LogP contribution in [0.5, 0.6) is 0 Å². The molecule has 11 rings (SSSR count). The molecule has 0 radical (unpaired) electrons. The van der Waals surface area contributed by atoms with Gasteiger partial charge in [0.05, 0.1) is 22.1 Å². The Bertz CT molecular complexity index is 3090. The van der Waals surface area contributed by atoms with Gasteiger partial charge in [0.15, 0.2) is 0 Å². The van der Waals surface area contributed by atoms with E-state index < -0.39 is 0 Å². The highest BCUT2D eigenvalue weighted by Crippen LogP contribution is 2.44. The Balaban J connectivity index is 1.32. The average molecular weight is 635 g/mol. The molecule has 11 aromatic rings. The van der Waals surface area contributed by atoms with Crippen LogP contribution in [0.3, 0.4) is 0 Å². The largest absolute Gasteiger partial charge is 0.309 e. The molecule has 0 N–H and O–H groups in total. The van der Waals surface area contributed by atoms with E-state index in [0.29, 0.717) is 0 Å². The van der Waals surface area contributed by atoms with Gasteiger partial charge in [0.2, 0.25) is 0 Å². The third-order valence-electron chi connectivity index (χ3n) is 10.7. The summed E-state index contributed by atoms with van der Waals surface area (Å²) in [6.07, 6.45) is 0. The Morgan fingerprint density at radius 1 is 0.260 bits per heavy atom. The zero-order valence-electron chi connectivity index (χ0n) is 27.2. The first-order valence-electron chi connectivity index (χ1n) is 17.3. The van der Waals surface area contributed by atoms with Crippen LogP contribution in [0.25, 0.3) is 98.4 Å². The third-order valence-corrected chi connectivity index (χ3v) is 10.7. The first-order chi connectivity index (χ1) is 24.8. The van der Waals surface area contributed by atoms with E-state index >= 15 is 0 Å². The Kier molecular flexibility index (Phi) is 5.70. The van der Waals surface area contributed by atoms with Crippen molar-refractivity contribution in [2.45, 2.75) is 0 Å². The quantitative estimate of drug-likeness (QED) is 0.171. The van der Waals surface area contributed by atoms with Crippen LogP contribution in [-0.4, -0.2) is 9.13 Å².